The second-order valence-electron chi connectivity index (χ2n) is 4.06. The van der Waals surface area contributed by atoms with Crippen molar-refractivity contribution in [3.63, 3.8) is 0 Å². The van der Waals surface area contributed by atoms with Crippen molar-refractivity contribution in [1.82, 2.24) is 0 Å². The third kappa shape index (κ3) is 2.76. The van der Waals surface area contributed by atoms with Crippen LogP contribution in [0.4, 0.5) is 0 Å². The molecule has 14 heavy (non-hydrogen) atoms. The van der Waals surface area contributed by atoms with Crippen LogP contribution in [0.2, 0.25) is 0 Å². The Morgan fingerprint density at radius 1 is 1.21 bits per heavy atom. The summed E-state index contributed by atoms with van der Waals surface area (Å²) >= 11 is 1.96. The van der Waals surface area contributed by atoms with Crippen LogP contribution in [-0.4, -0.2) is 11.8 Å². The molecule has 1 nitrogen and oxygen atoms in total. The molecule has 0 bridgehead atoms. The van der Waals surface area contributed by atoms with Crippen molar-refractivity contribution in [2.75, 3.05) is 5.75 Å². The lowest BCUT2D eigenvalue weighted by Crippen LogP contribution is -2.15. The highest BCUT2D eigenvalue weighted by Crippen LogP contribution is 2.30. The van der Waals surface area contributed by atoms with E-state index in [9.17, 15) is 0 Å². The standard InChI is InChI=1S/C12H17NS/c13-11-7-6-10(8-11)9-14-12-4-2-1-3-5-12/h1-5,10-11H,6-9,13H2/t10-,11+/m0/s1. The zero-order chi connectivity index (χ0) is 9.80. The Morgan fingerprint density at radius 3 is 2.64 bits per heavy atom. The molecule has 2 atom stereocenters. The summed E-state index contributed by atoms with van der Waals surface area (Å²) in [6.07, 6.45) is 3.76. The maximum atomic E-state index is 5.88. The van der Waals surface area contributed by atoms with Crippen molar-refractivity contribution in [2.45, 2.75) is 30.2 Å². The van der Waals surface area contributed by atoms with Crippen LogP contribution in [0.25, 0.3) is 0 Å². The third-order valence-corrected chi connectivity index (χ3v) is 4.05. The van der Waals surface area contributed by atoms with E-state index in [0.29, 0.717) is 6.04 Å². The highest BCUT2D eigenvalue weighted by atomic mass is 32.2. The smallest absolute Gasteiger partial charge is 0.00720 e. The van der Waals surface area contributed by atoms with Crippen molar-refractivity contribution < 1.29 is 0 Å². The quantitative estimate of drug-likeness (QED) is 0.771. The van der Waals surface area contributed by atoms with Gasteiger partial charge in [-0.15, -0.1) is 11.8 Å². The fourth-order valence-corrected chi connectivity index (χ4v) is 3.08. The van der Waals surface area contributed by atoms with Gasteiger partial charge in [0.1, 0.15) is 0 Å². The van der Waals surface area contributed by atoms with Crippen LogP contribution < -0.4 is 5.73 Å². The van der Waals surface area contributed by atoms with E-state index in [1.165, 1.54) is 29.9 Å². The van der Waals surface area contributed by atoms with Gasteiger partial charge in [0, 0.05) is 16.7 Å². The minimum absolute atomic E-state index is 0.469. The van der Waals surface area contributed by atoms with Crippen LogP contribution in [0.1, 0.15) is 19.3 Å². The molecule has 2 rings (SSSR count). The fourth-order valence-electron chi connectivity index (χ4n) is 2.00. The third-order valence-electron chi connectivity index (χ3n) is 2.81. The first-order valence-corrected chi connectivity index (χ1v) is 6.26. The summed E-state index contributed by atoms with van der Waals surface area (Å²) in [7, 11) is 0. The molecular formula is C12H17NS. The summed E-state index contributed by atoms with van der Waals surface area (Å²) in [6.45, 7) is 0. The molecule has 0 aliphatic heterocycles. The molecule has 2 N–H and O–H groups in total. The summed E-state index contributed by atoms with van der Waals surface area (Å²) < 4.78 is 0. The lowest BCUT2D eigenvalue weighted by Gasteiger charge is -2.08. The van der Waals surface area contributed by atoms with E-state index in [-0.39, 0.29) is 0 Å². The maximum absolute atomic E-state index is 5.88. The van der Waals surface area contributed by atoms with E-state index in [2.05, 4.69) is 30.3 Å². The van der Waals surface area contributed by atoms with Gasteiger partial charge in [0.05, 0.1) is 0 Å². The molecule has 0 radical (unpaired) electrons. The topological polar surface area (TPSA) is 26.0 Å². The average Bonchev–Trinajstić information content (AvgIpc) is 2.63. The van der Waals surface area contributed by atoms with Gasteiger partial charge < -0.3 is 5.73 Å². The van der Waals surface area contributed by atoms with Gasteiger partial charge in [-0.1, -0.05) is 18.2 Å². The van der Waals surface area contributed by atoms with Crippen LogP contribution in [0, 0.1) is 5.92 Å². The number of benzene rings is 1. The van der Waals surface area contributed by atoms with Crippen LogP contribution >= 0.6 is 11.8 Å². The summed E-state index contributed by atoms with van der Waals surface area (Å²) in [5, 5.41) is 0. The first kappa shape index (κ1) is 10.1. The van der Waals surface area contributed by atoms with Gasteiger partial charge in [-0.25, -0.2) is 0 Å². The van der Waals surface area contributed by atoms with Gasteiger partial charge in [-0.2, -0.15) is 0 Å². The van der Waals surface area contributed by atoms with Gasteiger partial charge in [0.15, 0.2) is 0 Å². The zero-order valence-corrected chi connectivity index (χ0v) is 9.17. The van der Waals surface area contributed by atoms with Crippen LogP contribution in [0.15, 0.2) is 35.2 Å². The Morgan fingerprint density at radius 2 is 2.00 bits per heavy atom. The first-order valence-electron chi connectivity index (χ1n) is 5.28. The normalized spacial score (nSPS) is 26.6. The summed E-state index contributed by atoms with van der Waals surface area (Å²) in [5.74, 6) is 2.08. The monoisotopic (exact) mass is 207 g/mol. The molecule has 1 aromatic rings. The van der Waals surface area contributed by atoms with E-state index < -0.39 is 0 Å². The van der Waals surface area contributed by atoms with Crippen LogP contribution in [0.5, 0.6) is 0 Å². The Bertz CT molecular complexity index is 273. The van der Waals surface area contributed by atoms with E-state index >= 15 is 0 Å². The number of rotatable bonds is 3. The molecule has 1 aromatic carbocycles. The van der Waals surface area contributed by atoms with E-state index in [0.717, 1.165) is 5.92 Å². The lowest BCUT2D eigenvalue weighted by molar-refractivity contribution is 0.603. The molecule has 1 aliphatic carbocycles. The summed E-state index contributed by atoms with van der Waals surface area (Å²) in [4.78, 5) is 1.38. The minimum Gasteiger partial charge on any atom is -0.328 e. The molecule has 76 valence electrons. The zero-order valence-electron chi connectivity index (χ0n) is 8.36. The number of nitrogens with two attached hydrogens (primary N) is 1. The predicted octanol–water partition coefficient (Wildman–Crippen LogP) is 2.91. The summed E-state index contributed by atoms with van der Waals surface area (Å²) in [6, 6.07) is 11.1. The number of hydrogen-bond donors (Lipinski definition) is 1. The van der Waals surface area contributed by atoms with Gasteiger partial charge in [-0.05, 0) is 37.3 Å². The Balaban J connectivity index is 1.78. The first-order chi connectivity index (χ1) is 6.84. The molecule has 1 saturated carbocycles. The van der Waals surface area contributed by atoms with Crippen molar-refractivity contribution in [3.8, 4) is 0 Å². The van der Waals surface area contributed by atoms with Crippen LogP contribution in [-0.2, 0) is 0 Å². The number of hydrogen-bond acceptors (Lipinski definition) is 2. The predicted molar refractivity (Wildman–Crippen MR) is 62.5 cm³/mol. The molecule has 1 fully saturated rings. The number of thioether (sulfide) groups is 1. The van der Waals surface area contributed by atoms with Crippen molar-refractivity contribution in [3.05, 3.63) is 30.3 Å². The molecule has 1 aliphatic rings. The Labute approximate surface area is 90.1 Å². The molecule has 0 aromatic heterocycles. The van der Waals surface area contributed by atoms with Gasteiger partial charge in [-0.3, -0.25) is 0 Å². The molecule has 0 heterocycles. The van der Waals surface area contributed by atoms with Gasteiger partial charge in [0.25, 0.3) is 0 Å². The molecule has 0 unspecified atom stereocenters. The maximum Gasteiger partial charge on any atom is 0.00720 e. The molecule has 0 amide bonds. The van der Waals surface area contributed by atoms with E-state index in [1.807, 2.05) is 11.8 Å². The van der Waals surface area contributed by atoms with Gasteiger partial charge >= 0.3 is 0 Å². The summed E-state index contributed by atoms with van der Waals surface area (Å²) in [5.41, 5.74) is 5.88. The van der Waals surface area contributed by atoms with Crippen LogP contribution in [0.3, 0.4) is 0 Å². The molecule has 2 heteroatoms. The van der Waals surface area contributed by atoms with Gasteiger partial charge in [0.2, 0.25) is 0 Å². The van der Waals surface area contributed by atoms with E-state index in [1.54, 1.807) is 0 Å². The minimum atomic E-state index is 0.469. The molecular weight excluding hydrogens is 190 g/mol. The SMILES string of the molecule is N[C@@H]1CC[C@H](CSc2ccccc2)C1. The second kappa shape index (κ2) is 4.85. The van der Waals surface area contributed by atoms with Crippen molar-refractivity contribution in [1.29, 1.82) is 0 Å². The Kier molecular flexibility index (Phi) is 3.49. The van der Waals surface area contributed by atoms with Crippen molar-refractivity contribution >= 4 is 11.8 Å². The fraction of sp³-hybridized carbons (Fsp3) is 0.500. The second-order valence-corrected chi connectivity index (χ2v) is 5.16. The molecule has 0 spiro atoms. The Hall–Kier alpha value is -0.470. The average molecular weight is 207 g/mol. The molecule has 0 saturated heterocycles. The van der Waals surface area contributed by atoms with E-state index in [4.69, 9.17) is 5.73 Å². The highest BCUT2D eigenvalue weighted by Gasteiger charge is 2.21. The largest absolute Gasteiger partial charge is 0.328 e. The lowest BCUT2D eigenvalue weighted by atomic mass is 10.1. The van der Waals surface area contributed by atoms with Crippen molar-refractivity contribution in [2.24, 2.45) is 11.7 Å². The highest BCUT2D eigenvalue weighted by molar-refractivity contribution is 7.99.